The highest BCUT2D eigenvalue weighted by Crippen LogP contribution is 2.40. The minimum absolute atomic E-state index is 0.0917. The quantitative estimate of drug-likeness (QED) is 0.434. The summed E-state index contributed by atoms with van der Waals surface area (Å²) >= 11 is 13.2. The third-order valence-electron chi connectivity index (χ3n) is 5.94. The van der Waals surface area contributed by atoms with Crippen LogP contribution in [0.25, 0.3) is 0 Å². The van der Waals surface area contributed by atoms with E-state index in [-0.39, 0.29) is 59.5 Å². The Morgan fingerprint density at radius 3 is 2.39 bits per heavy atom. The van der Waals surface area contributed by atoms with E-state index >= 15 is 0 Å². The van der Waals surface area contributed by atoms with E-state index in [4.69, 9.17) is 27.9 Å². The van der Waals surface area contributed by atoms with Gasteiger partial charge in [-0.1, -0.05) is 29.3 Å². The molecule has 0 aromatic heterocycles. The van der Waals surface area contributed by atoms with Crippen LogP contribution in [0.4, 0.5) is 25.0 Å². The van der Waals surface area contributed by atoms with E-state index in [1.807, 2.05) is 0 Å². The van der Waals surface area contributed by atoms with Crippen molar-refractivity contribution < 1.29 is 27.9 Å². The predicted molar refractivity (Wildman–Crippen MR) is 144 cm³/mol. The number of anilines is 2. The lowest BCUT2D eigenvalue weighted by molar-refractivity contribution is -0.120. The maximum atomic E-state index is 14.2. The van der Waals surface area contributed by atoms with Crippen LogP contribution >= 0.6 is 23.2 Å². The summed E-state index contributed by atoms with van der Waals surface area (Å²) in [7, 11) is 0. The lowest BCUT2D eigenvalue weighted by Crippen LogP contribution is -2.42. The second-order valence-electron chi connectivity index (χ2n) is 10.2. The highest BCUT2D eigenvalue weighted by molar-refractivity contribution is 6.40. The minimum atomic E-state index is -0.768. The van der Waals surface area contributed by atoms with E-state index in [0.717, 1.165) is 6.07 Å². The molecule has 1 heterocycles. The van der Waals surface area contributed by atoms with Crippen LogP contribution < -0.4 is 15.1 Å². The first-order chi connectivity index (χ1) is 17.7. The molecule has 3 rings (SSSR count). The summed E-state index contributed by atoms with van der Waals surface area (Å²) in [6.45, 7) is 7.06. The molecule has 0 aliphatic carbocycles. The molecule has 0 bridgehead atoms. The normalized spacial score (nSPS) is 15.8. The molecule has 2 aromatic rings. The Morgan fingerprint density at radius 1 is 1.16 bits per heavy atom. The highest BCUT2D eigenvalue weighted by Gasteiger charge is 2.31. The monoisotopic (exact) mass is 569 g/mol. The van der Waals surface area contributed by atoms with Crippen LogP contribution in [-0.2, 0) is 20.7 Å². The summed E-state index contributed by atoms with van der Waals surface area (Å²) in [5.41, 5.74) is 0.219. The first kappa shape index (κ1) is 29.6. The molecular weight excluding hydrogens is 539 g/mol. The molecule has 11 heteroatoms. The molecule has 3 amide bonds. The zero-order chi connectivity index (χ0) is 28.2. The van der Waals surface area contributed by atoms with Gasteiger partial charge in [0.25, 0.3) is 0 Å². The van der Waals surface area contributed by atoms with Crippen LogP contribution in [0.2, 0.25) is 10.0 Å². The van der Waals surface area contributed by atoms with Crippen LogP contribution in [0.3, 0.4) is 0 Å². The molecule has 1 saturated heterocycles. The molecule has 1 N–H and O–H groups in total. The molecule has 1 aliphatic heterocycles. The van der Waals surface area contributed by atoms with Crippen LogP contribution in [0, 0.1) is 17.6 Å². The molecule has 1 unspecified atom stereocenters. The second kappa shape index (κ2) is 12.3. The molecule has 1 fully saturated rings. The van der Waals surface area contributed by atoms with E-state index in [0.29, 0.717) is 24.1 Å². The number of nitrogens with one attached hydrogen (secondary N) is 1. The van der Waals surface area contributed by atoms with Gasteiger partial charge in [-0.15, -0.1) is 0 Å². The van der Waals surface area contributed by atoms with Crippen molar-refractivity contribution in [1.29, 1.82) is 0 Å². The van der Waals surface area contributed by atoms with Crippen molar-refractivity contribution in [1.82, 2.24) is 5.32 Å². The Bertz CT molecular complexity index is 1200. The number of amides is 3. The van der Waals surface area contributed by atoms with Gasteiger partial charge in [-0.2, -0.15) is 0 Å². The van der Waals surface area contributed by atoms with Crippen LogP contribution in [0.1, 0.15) is 46.1 Å². The van der Waals surface area contributed by atoms with E-state index in [9.17, 15) is 23.2 Å². The van der Waals surface area contributed by atoms with Gasteiger partial charge >= 0.3 is 6.09 Å². The molecule has 0 radical (unpaired) electrons. The molecule has 1 aliphatic rings. The fraction of sp³-hybridized carbons (Fsp3) is 0.444. The minimum Gasteiger partial charge on any atom is -0.443 e. The van der Waals surface area contributed by atoms with Crippen molar-refractivity contribution in [3.05, 3.63) is 57.6 Å². The first-order valence-electron chi connectivity index (χ1n) is 12.2. The third-order valence-corrected chi connectivity index (χ3v) is 6.51. The molecule has 0 spiro atoms. The van der Waals surface area contributed by atoms with Gasteiger partial charge in [0.1, 0.15) is 17.2 Å². The second-order valence-corrected chi connectivity index (χ2v) is 11.0. The number of piperidine rings is 1. The number of hydrogen-bond donors (Lipinski definition) is 1. The topological polar surface area (TPSA) is 79.0 Å². The van der Waals surface area contributed by atoms with Gasteiger partial charge in [0.2, 0.25) is 11.8 Å². The van der Waals surface area contributed by atoms with E-state index in [1.54, 1.807) is 20.8 Å². The summed E-state index contributed by atoms with van der Waals surface area (Å²) in [6.07, 6.45) is 0.411. The van der Waals surface area contributed by atoms with Crippen LogP contribution in [0.15, 0.2) is 30.3 Å². The van der Waals surface area contributed by atoms with Gasteiger partial charge < -0.3 is 15.0 Å². The van der Waals surface area contributed by atoms with Gasteiger partial charge in [0.05, 0.1) is 21.4 Å². The maximum absolute atomic E-state index is 14.2. The smallest absolute Gasteiger partial charge is 0.414 e. The number of rotatable bonds is 7. The summed E-state index contributed by atoms with van der Waals surface area (Å²) in [5, 5.41) is 2.92. The largest absolute Gasteiger partial charge is 0.443 e. The summed E-state index contributed by atoms with van der Waals surface area (Å²) < 4.78 is 33.0. The number of nitrogens with zero attached hydrogens (tertiary/aromatic N) is 2. The third kappa shape index (κ3) is 7.80. The van der Waals surface area contributed by atoms with Crippen molar-refractivity contribution in [3.63, 3.8) is 0 Å². The Labute approximate surface area is 231 Å². The van der Waals surface area contributed by atoms with Crippen LogP contribution in [0.5, 0.6) is 0 Å². The van der Waals surface area contributed by atoms with Crippen molar-refractivity contribution in [2.24, 2.45) is 5.92 Å². The average Bonchev–Trinajstić information content (AvgIpc) is 2.78. The van der Waals surface area contributed by atoms with Crippen molar-refractivity contribution >= 4 is 52.5 Å². The number of ether oxygens (including phenoxy) is 1. The number of carbonyl (C=O) groups excluding carboxylic acids is 3. The lowest BCUT2D eigenvalue weighted by Gasteiger charge is -2.34. The van der Waals surface area contributed by atoms with E-state index in [2.05, 4.69) is 5.32 Å². The fourth-order valence-corrected chi connectivity index (χ4v) is 4.93. The molecule has 2 aromatic carbocycles. The van der Waals surface area contributed by atoms with Gasteiger partial charge in [-0.3, -0.25) is 14.5 Å². The SMILES string of the molecule is CC(=O)NCCN(C(=O)OC(C)(C)C)c1cc(Cl)c(N2CC(Cc3ccc(F)cc3F)CCC2=O)c(Cl)c1. The number of carbonyl (C=O) groups is 3. The Hall–Kier alpha value is -2.91. The predicted octanol–water partition coefficient (Wildman–Crippen LogP) is 6.13. The average molecular weight is 570 g/mol. The number of benzene rings is 2. The summed E-state index contributed by atoms with van der Waals surface area (Å²) in [4.78, 5) is 39.9. The molecule has 206 valence electrons. The van der Waals surface area contributed by atoms with E-state index < -0.39 is 23.3 Å². The van der Waals surface area contributed by atoms with Gasteiger partial charge in [0, 0.05) is 39.0 Å². The van der Waals surface area contributed by atoms with Gasteiger partial charge in [-0.05, 0) is 63.3 Å². The molecule has 1 atom stereocenters. The van der Waals surface area contributed by atoms with Crippen LogP contribution in [-0.4, -0.2) is 43.1 Å². The molecule has 0 saturated carbocycles. The lowest BCUT2D eigenvalue weighted by atomic mass is 9.90. The standard InChI is InChI=1S/C27H31Cl2F2N3O4/c1-16(35)32-9-10-33(26(37)38-27(2,3)4)20-13-21(28)25(22(29)14-20)34-15-17(5-8-24(34)36)11-18-6-7-19(30)12-23(18)31/h6-7,12-14,17H,5,8-11,15H2,1-4H3,(H,32,35). The van der Waals surface area contributed by atoms with Gasteiger partial charge in [0.15, 0.2) is 0 Å². The van der Waals surface area contributed by atoms with Crippen molar-refractivity contribution in [3.8, 4) is 0 Å². The molecule has 38 heavy (non-hydrogen) atoms. The van der Waals surface area contributed by atoms with E-state index in [1.165, 1.54) is 41.0 Å². The zero-order valence-corrected chi connectivity index (χ0v) is 23.3. The fourth-order valence-electron chi connectivity index (χ4n) is 4.25. The summed E-state index contributed by atoms with van der Waals surface area (Å²) in [6, 6.07) is 6.48. The first-order valence-corrected chi connectivity index (χ1v) is 13.0. The summed E-state index contributed by atoms with van der Waals surface area (Å²) in [5.74, 6) is -1.82. The zero-order valence-electron chi connectivity index (χ0n) is 21.7. The molecule has 7 nitrogen and oxygen atoms in total. The Balaban J connectivity index is 1.87. The maximum Gasteiger partial charge on any atom is 0.414 e. The Morgan fingerprint density at radius 2 is 1.82 bits per heavy atom. The number of halogens is 4. The Kier molecular flexibility index (Phi) is 9.59. The van der Waals surface area contributed by atoms with Crippen molar-refractivity contribution in [2.75, 3.05) is 29.4 Å². The highest BCUT2D eigenvalue weighted by atomic mass is 35.5. The van der Waals surface area contributed by atoms with Gasteiger partial charge in [-0.25, -0.2) is 13.6 Å². The van der Waals surface area contributed by atoms with Crippen molar-refractivity contribution in [2.45, 2.75) is 52.6 Å². The molecular formula is C27H31Cl2F2N3O4. The number of hydrogen-bond acceptors (Lipinski definition) is 4.